The van der Waals surface area contributed by atoms with Crippen molar-refractivity contribution in [3.05, 3.63) is 59.9 Å². The molecular formula is C16H19N3O4. The van der Waals surface area contributed by atoms with E-state index in [2.05, 4.69) is 10.3 Å². The summed E-state index contributed by atoms with van der Waals surface area (Å²) in [4.78, 5) is 15.4. The zero-order valence-electron chi connectivity index (χ0n) is 12.4. The van der Waals surface area contributed by atoms with Gasteiger partial charge in [-0.25, -0.2) is 4.79 Å². The van der Waals surface area contributed by atoms with E-state index in [1.165, 1.54) is 18.5 Å². The molecule has 1 amide bonds. The number of aromatic nitrogens is 1. The summed E-state index contributed by atoms with van der Waals surface area (Å²) in [6.45, 7) is -0.0425. The number of amides is 1. The number of benzene rings is 1. The molecular weight excluding hydrogens is 298 g/mol. The molecule has 122 valence electrons. The molecule has 1 aromatic carbocycles. The van der Waals surface area contributed by atoms with Gasteiger partial charge >= 0.3 is 6.09 Å². The maximum Gasteiger partial charge on any atom is 0.407 e. The van der Waals surface area contributed by atoms with Crippen molar-refractivity contribution in [2.45, 2.75) is 18.8 Å². The number of pyridine rings is 1. The third-order valence-electron chi connectivity index (χ3n) is 3.24. The van der Waals surface area contributed by atoms with Crippen molar-refractivity contribution < 1.29 is 19.7 Å². The SMILES string of the molecule is Nc1cnccc1C(O)C(O)CNC(=O)OCc1ccccc1. The summed E-state index contributed by atoms with van der Waals surface area (Å²) in [7, 11) is 0. The minimum Gasteiger partial charge on any atom is -0.445 e. The molecule has 0 spiro atoms. The highest BCUT2D eigenvalue weighted by atomic mass is 16.5. The Morgan fingerprint density at radius 1 is 1.26 bits per heavy atom. The van der Waals surface area contributed by atoms with Gasteiger partial charge in [0.05, 0.1) is 11.9 Å². The number of anilines is 1. The molecule has 5 N–H and O–H groups in total. The number of nitrogens with one attached hydrogen (secondary N) is 1. The summed E-state index contributed by atoms with van der Waals surface area (Å²) in [5.41, 5.74) is 7.16. The molecule has 0 bridgehead atoms. The maximum absolute atomic E-state index is 11.6. The van der Waals surface area contributed by atoms with E-state index in [9.17, 15) is 15.0 Å². The number of carbonyl (C=O) groups is 1. The van der Waals surface area contributed by atoms with E-state index in [-0.39, 0.29) is 18.8 Å². The highest BCUT2D eigenvalue weighted by Gasteiger charge is 2.21. The first-order valence-corrected chi connectivity index (χ1v) is 7.08. The molecule has 0 aliphatic rings. The van der Waals surface area contributed by atoms with Gasteiger partial charge in [-0.05, 0) is 11.6 Å². The van der Waals surface area contributed by atoms with Crippen LogP contribution in [0.15, 0.2) is 48.8 Å². The first kappa shape index (κ1) is 16.7. The van der Waals surface area contributed by atoms with E-state index in [0.717, 1.165) is 5.56 Å². The van der Waals surface area contributed by atoms with Gasteiger partial charge in [0.15, 0.2) is 0 Å². The molecule has 2 rings (SSSR count). The van der Waals surface area contributed by atoms with Crippen LogP contribution in [0.4, 0.5) is 10.5 Å². The monoisotopic (exact) mass is 317 g/mol. The number of nitrogens with two attached hydrogens (primary N) is 1. The van der Waals surface area contributed by atoms with Crippen LogP contribution >= 0.6 is 0 Å². The Hall–Kier alpha value is -2.64. The van der Waals surface area contributed by atoms with Crippen molar-refractivity contribution in [1.82, 2.24) is 10.3 Å². The second-order valence-electron chi connectivity index (χ2n) is 4.96. The molecule has 0 saturated heterocycles. The van der Waals surface area contributed by atoms with E-state index >= 15 is 0 Å². The van der Waals surface area contributed by atoms with Crippen LogP contribution in [0.25, 0.3) is 0 Å². The van der Waals surface area contributed by atoms with Crippen LogP contribution in [0.1, 0.15) is 17.2 Å². The number of ether oxygens (including phenoxy) is 1. The third kappa shape index (κ3) is 4.94. The number of carbonyl (C=O) groups excluding carboxylic acids is 1. The summed E-state index contributed by atoms with van der Waals surface area (Å²) < 4.78 is 5.01. The summed E-state index contributed by atoms with van der Waals surface area (Å²) in [5, 5.41) is 22.4. The molecule has 0 fully saturated rings. The largest absolute Gasteiger partial charge is 0.445 e. The number of alkyl carbamates (subject to hydrolysis) is 1. The molecule has 1 aromatic heterocycles. The molecule has 2 aromatic rings. The minimum absolute atomic E-state index is 0.128. The lowest BCUT2D eigenvalue weighted by Crippen LogP contribution is -2.36. The van der Waals surface area contributed by atoms with Gasteiger partial charge in [-0.2, -0.15) is 0 Å². The predicted octanol–water partition coefficient (Wildman–Crippen LogP) is 0.984. The lowest BCUT2D eigenvalue weighted by atomic mass is 10.0. The first-order valence-electron chi connectivity index (χ1n) is 7.08. The Labute approximate surface area is 133 Å². The molecule has 0 radical (unpaired) electrons. The lowest BCUT2D eigenvalue weighted by molar-refractivity contribution is 0.0188. The average Bonchev–Trinajstić information content (AvgIpc) is 2.58. The third-order valence-corrected chi connectivity index (χ3v) is 3.24. The molecule has 7 heteroatoms. The zero-order chi connectivity index (χ0) is 16.7. The van der Waals surface area contributed by atoms with Gasteiger partial charge < -0.3 is 26.0 Å². The fourth-order valence-electron chi connectivity index (χ4n) is 1.97. The molecule has 1 heterocycles. The average molecular weight is 317 g/mol. The highest BCUT2D eigenvalue weighted by Crippen LogP contribution is 2.21. The molecule has 2 unspecified atom stereocenters. The number of hydrogen-bond acceptors (Lipinski definition) is 6. The smallest absolute Gasteiger partial charge is 0.407 e. The van der Waals surface area contributed by atoms with Crippen molar-refractivity contribution in [3.63, 3.8) is 0 Å². The molecule has 0 aliphatic carbocycles. The Morgan fingerprint density at radius 2 is 2.00 bits per heavy atom. The van der Waals surface area contributed by atoms with Crippen LogP contribution in [0, 0.1) is 0 Å². The van der Waals surface area contributed by atoms with Gasteiger partial charge in [-0.1, -0.05) is 30.3 Å². The van der Waals surface area contributed by atoms with Crippen LogP contribution in [-0.4, -0.2) is 33.9 Å². The zero-order valence-corrected chi connectivity index (χ0v) is 12.4. The number of aliphatic hydroxyl groups excluding tert-OH is 2. The number of rotatable bonds is 6. The number of aliphatic hydroxyl groups is 2. The van der Waals surface area contributed by atoms with E-state index in [4.69, 9.17) is 10.5 Å². The molecule has 7 nitrogen and oxygen atoms in total. The molecule has 0 aliphatic heterocycles. The van der Waals surface area contributed by atoms with Gasteiger partial charge in [0.25, 0.3) is 0 Å². The Morgan fingerprint density at radius 3 is 2.70 bits per heavy atom. The summed E-state index contributed by atoms with van der Waals surface area (Å²) >= 11 is 0. The van der Waals surface area contributed by atoms with Crippen molar-refractivity contribution in [3.8, 4) is 0 Å². The maximum atomic E-state index is 11.6. The van der Waals surface area contributed by atoms with Gasteiger partial charge in [0.2, 0.25) is 0 Å². The summed E-state index contributed by atoms with van der Waals surface area (Å²) in [5.74, 6) is 0. The Bertz CT molecular complexity index is 636. The summed E-state index contributed by atoms with van der Waals surface area (Å²) in [6, 6.07) is 10.7. The van der Waals surface area contributed by atoms with Crippen molar-refractivity contribution in [2.24, 2.45) is 0 Å². The topological polar surface area (TPSA) is 118 Å². The van der Waals surface area contributed by atoms with Crippen LogP contribution < -0.4 is 11.1 Å². The van der Waals surface area contributed by atoms with Crippen LogP contribution in [-0.2, 0) is 11.3 Å². The van der Waals surface area contributed by atoms with Crippen LogP contribution in [0.2, 0.25) is 0 Å². The lowest BCUT2D eigenvalue weighted by Gasteiger charge is -2.19. The van der Waals surface area contributed by atoms with Crippen LogP contribution in [0.5, 0.6) is 0 Å². The summed E-state index contributed by atoms with van der Waals surface area (Å²) in [6.07, 6.45) is -0.282. The second-order valence-corrected chi connectivity index (χ2v) is 4.96. The number of hydrogen-bond donors (Lipinski definition) is 4. The first-order chi connectivity index (χ1) is 11.1. The predicted molar refractivity (Wildman–Crippen MR) is 84.2 cm³/mol. The van der Waals surface area contributed by atoms with Gasteiger partial charge in [-0.3, -0.25) is 4.98 Å². The van der Waals surface area contributed by atoms with Crippen molar-refractivity contribution >= 4 is 11.8 Å². The minimum atomic E-state index is -1.23. The number of nitrogens with zero attached hydrogens (tertiary/aromatic N) is 1. The van der Waals surface area contributed by atoms with Crippen LogP contribution in [0.3, 0.4) is 0 Å². The van der Waals surface area contributed by atoms with E-state index in [1.54, 1.807) is 0 Å². The highest BCUT2D eigenvalue weighted by molar-refractivity contribution is 5.67. The van der Waals surface area contributed by atoms with E-state index in [1.807, 2.05) is 30.3 Å². The second kappa shape index (κ2) is 8.11. The quantitative estimate of drug-likeness (QED) is 0.631. The molecule has 23 heavy (non-hydrogen) atoms. The van der Waals surface area contributed by atoms with E-state index < -0.39 is 18.3 Å². The Kier molecular flexibility index (Phi) is 5.90. The van der Waals surface area contributed by atoms with Gasteiger partial charge in [0, 0.05) is 18.3 Å². The normalized spacial score (nSPS) is 13.1. The Balaban J connectivity index is 1.78. The van der Waals surface area contributed by atoms with Crippen molar-refractivity contribution in [1.29, 1.82) is 0 Å². The molecule has 2 atom stereocenters. The fourth-order valence-corrected chi connectivity index (χ4v) is 1.97. The molecule has 0 saturated carbocycles. The van der Waals surface area contributed by atoms with Gasteiger partial charge in [-0.15, -0.1) is 0 Å². The van der Waals surface area contributed by atoms with E-state index in [0.29, 0.717) is 5.56 Å². The van der Waals surface area contributed by atoms with Crippen molar-refractivity contribution in [2.75, 3.05) is 12.3 Å². The number of nitrogen functional groups attached to an aromatic ring is 1. The van der Waals surface area contributed by atoms with Gasteiger partial charge in [0.1, 0.15) is 18.8 Å². The fraction of sp³-hybridized carbons (Fsp3) is 0.250. The standard InChI is InChI=1S/C16H19N3O4/c17-13-8-18-7-6-12(13)15(21)14(20)9-19-16(22)23-10-11-4-2-1-3-5-11/h1-8,14-15,20-21H,9-10,17H2,(H,19,22).